The predicted octanol–water partition coefficient (Wildman–Crippen LogP) is 0.376. The minimum absolute atomic E-state index is 0.228. The maximum absolute atomic E-state index is 11.1. The first-order valence-electron chi connectivity index (χ1n) is 3.94. The van der Waals surface area contributed by atoms with Crippen LogP contribution in [0.5, 0.6) is 0 Å². The van der Waals surface area contributed by atoms with Crippen molar-refractivity contribution in [2.75, 3.05) is 19.7 Å². The SMILES string of the molecule is C=CCOC(=O)N1CC[C@H](O)C1. The molecule has 4 nitrogen and oxygen atoms in total. The third-order valence-electron chi connectivity index (χ3n) is 1.75. The van der Waals surface area contributed by atoms with Crippen molar-refractivity contribution >= 4 is 6.09 Å². The van der Waals surface area contributed by atoms with E-state index in [1.807, 2.05) is 0 Å². The van der Waals surface area contributed by atoms with E-state index >= 15 is 0 Å². The van der Waals surface area contributed by atoms with Crippen molar-refractivity contribution in [1.29, 1.82) is 0 Å². The average molecular weight is 171 g/mol. The van der Waals surface area contributed by atoms with Crippen LogP contribution in [0.4, 0.5) is 4.79 Å². The molecule has 1 N–H and O–H groups in total. The number of rotatable bonds is 2. The number of aliphatic hydroxyl groups excluding tert-OH is 1. The number of β-amino-alcohol motifs (C(OH)–C–C–N with tert-alkyl or cyclic N) is 1. The van der Waals surface area contributed by atoms with E-state index in [1.165, 1.54) is 11.0 Å². The van der Waals surface area contributed by atoms with Crippen LogP contribution in [0.3, 0.4) is 0 Å². The molecule has 1 heterocycles. The lowest BCUT2D eigenvalue weighted by Gasteiger charge is -2.13. The van der Waals surface area contributed by atoms with Crippen LogP contribution in [0.1, 0.15) is 6.42 Å². The second-order valence-electron chi connectivity index (χ2n) is 2.75. The van der Waals surface area contributed by atoms with Gasteiger partial charge in [-0.05, 0) is 6.42 Å². The highest BCUT2D eigenvalue weighted by Gasteiger charge is 2.25. The van der Waals surface area contributed by atoms with E-state index in [0.29, 0.717) is 19.5 Å². The first kappa shape index (κ1) is 9.06. The molecule has 0 aromatic rings. The molecule has 68 valence electrons. The molecule has 0 radical (unpaired) electrons. The van der Waals surface area contributed by atoms with Gasteiger partial charge in [0.05, 0.1) is 6.10 Å². The molecule has 1 rings (SSSR count). The first-order valence-corrected chi connectivity index (χ1v) is 3.94. The number of ether oxygens (including phenoxy) is 1. The zero-order chi connectivity index (χ0) is 8.97. The number of hydrogen-bond donors (Lipinski definition) is 1. The van der Waals surface area contributed by atoms with E-state index in [-0.39, 0.29) is 18.8 Å². The van der Waals surface area contributed by atoms with Gasteiger partial charge in [-0.25, -0.2) is 4.79 Å². The zero-order valence-corrected chi connectivity index (χ0v) is 6.90. The minimum Gasteiger partial charge on any atom is -0.445 e. The molecular formula is C8H13NO3. The van der Waals surface area contributed by atoms with Gasteiger partial charge in [-0.15, -0.1) is 0 Å². The van der Waals surface area contributed by atoms with Crippen molar-refractivity contribution in [3.8, 4) is 0 Å². The van der Waals surface area contributed by atoms with E-state index < -0.39 is 0 Å². The molecule has 1 saturated heterocycles. The van der Waals surface area contributed by atoms with Crippen LogP contribution in [-0.2, 0) is 4.74 Å². The van der Waals surface area contributed by atoms with E-state index in [0.717, 1.165) is 0 Å². The van der Waals surface area contributed by atoms with Crippen molar-refractivity contribution in [3.05, 3.63) is 12.7 Å². The number of carbonyl (C=O) groups is 1. The molecule has 0 aliphatic carbocycles. The summed E-state index contributed by atoms with van der Waals surface area (Å²) in [4.78, 5) is 12.6. The van der Waals surface area contributed by atoms with Gasteiger partial charge in [0.2, 0.25) is 0 Å². The Kier molecular flexibility index (Phi) is 3.10. The summed E-state index contributed by atoms with van der Waals surface area (Å²) in [5.74, 6) is 0. The van der Waals surface area contributed by atoms with Gasteiger partial charge in [-0.2, -0.15) is 0 Å². The van der Waals surface area contributed by atoms with Crippen LogP contribution >= 0.6 is 0 Å². The van der Waals surface area contributed by atoms with Crippen LogP contribution in [0.25, 0.3) is 0 Å². The lowest BCUT2D eigenvalue weighted by Crippen LogP contribution is -2.30. The number of hydrogen-bond acceptors (Lipinski definition) is 3. The van der Waals surface area contributed by atoms with Gasteiger partial charge >= 0.3 is 6.09 Å². The molecule has 1 aliphatic heterocycles. The van der Waals surface area contributed by atoms with Crippen molar-refractivity contribution in [2.45, 2.75) is 12.5 Å². The number of carbonyl (C=O) groups excluding carboxylic acids is 1. The standard InChI is InChI=1S/C8H13NO3/c1-2-5-12-8(11)9-4-3-7(10)6-9/h2,7,10H,1,3-6H2/t7-/m0/s1. The average Bonchev–Trinajstić information content (AvgIpc) is 2.47. The zero-order valence-electron chi connectivity index (χ0n) is 6.90. The van der Waals surface area contributed by atoms with E-state index in [1.54, 1.807) is 0 Å². The second-order valence-corrected chi connectivity index (χ2v) is 2.75. The van der Waals surface area contributed by atoms with Crippen molar-refractivity contribution < 1.29 is 14.6 Å². The highest BCUT2D eigenvalue weighted by Crippen LogP contribution is 2.09. The van der Waals surface area contributed by atoms with Gasteiger partial charge in [0, 0.05) is 13.1 Å². The molecule has 1 fully saturated rings. The number of likely N-dealkylation sites (tertiary alicyclic amines) is 1. The molecule has 0 aromatic carbocycles. The maximum atomic E-state index is 11.1. The first-order chi connectivity index (χ1) is 5.74. The fourth-order valence-corrected chi connectivity index (χ4v) is 1.13. The summed E-state index contributed by atoms with van der Waals surface area (Å²) in [6.45, 7) is 4.62. The topological polar surface area (TPSA) is 49.8 Å². The normalized spacial score (nSPS) is 22.4. The van der Waals surface area contributed by atoms with Crippen LogP contribution in [0.15, 0.2) is 12.7 Å². The quantitative estimate of drug-likeness (QED) is 0.611. The Bertz CT molecular complexity index is 181. The molecule has 1 amide bonds. The van der Waals surface area contributed by atoms with E-state index in [4.69, 9.17) is 9.84 Å². The molecule has 1 aliphatic rings. The second kappa shape index (κ2) is 4.11. The molecular weight excluding hydrogens is 158 g/mol. The molecule has 0 saturated carbocycles. The molecule has 0 bridgehead atoms. The summed E-state index contributed by atoms with van der Waals surface area (Å²) in [7, 11) is 0. The minimum atomic E-state index is -0.388. The van der Waals surface area contributed by atoms with Gasteiger partial charge in [-0.3, -0.25) is 0 Å². The molecule has 0 spiro atoms. The Morgan fingerprint density at radius 3 is 3.08 bits per heavy atom. The van der Waals surface area contributed by atoms with Crippen molar-refractivity contribution in [2.24, 2.45) is 0 Å². The van der Waals surface area contributed by atoms with Crippen molar-refractivity contribution in [1.82, 2.24) is 4.90 Å². The summed E-state index contributed by atoms with van der Waals surface area (Å²) in [6.07, 6.45) is 1.40. The summed E-state index contributed by atoms with van der Waals surface area (Å²) in [5.41, 5.74) is 0. The Labute approximate surface area is 71.4 Å². The molecule has 1 atom stereocenters. The Hall–Kier alpha value is -1.03. The van der Waals surface area contributed by atoms with Crippen LogP contribution < -0.4 is 0 Å². The van der Waals surface area contributed by atoms with Gasteiger partial charge in [0.25, 0.3) is 0 Å². The molecule has 12 heavy (non-hydrogen) atoms. The monoisotopic (exact) mass is 171 g/mol. The highest BCUT2D eigenvalue weighted by molar-refractivity contribution is 5.68. The smallest absolute Gasteiger partial charge is 0.410 e. The van der Waals surface area contributed by atoms with Gasteiger partial charge in [0.1, 0.15) is 6.61 Å². The number of nitrogens with zero attached hydrogens (tertiary/aromatic N) is 1. The van der Waals surface area contributed by atoms with Crippen LogP contribution in [0, 0.1) is 0 Å². The lowest BCUT2D eigenvalue weighted by molar-refractivity contribution is 0.112. The van der Waals surface area contributed by atoms with Gasteiger partial charge < -0.3 is 14.7 Å². The highest BCUT2D eigenvalue weighted by atomic mass is 16.6. The van der Waals surface area contributed by atoms with Crippen molar-refractivity contribution in [3.63, 3.8) is 0 Å². The third kappa shape index (κ3) is 2.23. The Morgan fingerprint density at radius 1 is 1.83 bits per heavy atom. The maximum Gasteiger partial charge on any atom is 0.410 e. The van der Waals surface area contributed by atoms with E-state index in [2.05, 4.69) is 6.58 Å². The molecule has 0 aromatic heterocycles. The van der Waals surface area contributed by atoms with Crippen LogP contribution in [0.2, 0.25) is 0 Å². The summed E-state index contributed by atoms with van der Waals surface area (Å²) in [6, 6.07) is 0. The third-order valence-corrected chi connectivity index (χ3v) is 1.75. The number of amides is 1. The van der Waals surface area contributed by atoms with Gasteiger partial charge in [-0.1, -0.05) is 12.7 Å². The molecule has 4 heteroatoms. The van der Waals surface area contributed by atoms with Gasteiger partial charge in [0.15, 0.2) is 0 Å². The largest absolute Gasteiger partial charge is 0.445 e. The Balaban J connectivity index is 2.28. The summed E-state index contributed by atoms with van der Waals surface area (Å²) < 4.78 is 4.78. The fourth-order valence-electron chi connectivity index (χ4n) is 1.13. The Morgan fingerprint density at radius 2 is 2.58 bits per heavy atom. The van der Waals surface area contributed by atoms with E-state index in [9.17, 15) is 4.79 Å². The van der Waals surface area contributed by atoms with Crippen LogP contribution in [-0.4, -0.2) is 41.9 Å². The lowest BCUT2D eigenvalue weighted by atomic mass is 10.3. The summed E-state index contributed by atoms with van der Waals surface area (Å²) >= 11 is 0. The molecule has 0 unspecified atom stereocenters. The summed E-state index contributed by atoms with van der Waals surface area (Å²) in [5, 5.41) is 9.10. The predicted molar refractivity (Wildman–Crippen MR) is 43.7 cm³/mol. The fraction of sp³-hybridized carbons (Fsp3) is 0.625. The number of aliphatic hydroxyl groups is 1.